The molecule has 1 rings (SSSR count). The molecule has 0 radical (unpaired) electrons. The van der Waals surface area contributed by atoms with Crippen LogP contribution in [0.15, 0.2) is 0 Å². The molecule has 1 fully saturated rings. The second kappa shape index (κ2) is 7.38. The largest absolute Gasteiger partial charge is 0.481 e. The summed E-state index contributed by atoms with van der Waals surface area (Å²) in [5, 5.41) is 8.64. The Morgan fingerprint density at radius 2 is 1.75 bits per heavy atom. The number of hydrogen-bond donors (Lipinski definition) is 1. The van der Waals surface area contributed by atoms with Crippen LogP contribution < -0.4 is 0 Å². The van der Waals surface area contributed by atoms with Crippen molar-refractivity contribution in [2.75, 3.05) is 20.6 Å². The molecule has 0 spiro atoms. The van der Waals surface area contributed by atoms with Gasteiger partial charge in [0.2, 0.25) is 0 Å². The van der Waals surface area contributed by atoms with E-state index in [2.05, 4.69) is 6.92 Å². The summed E-state index contributed by atoms with van der Waals surface area (Å²) < 4.78 is 27.3. The molecule has 0 unspecified atom stereocenters. The standard InChI is InChI=1S/C13H26N2O4S/c1-4-11-5-7-12(8-6-11)15(3)20(18,19)14(2)10-9-13(16)17/h11-12H,4-10H2,1-3H3,(H,16,17). The van der Waals surface area contributed by atoms with Gasteiger partial charge in [0.1, 0.15) is 0 Å². The molecule has 1 saturated carbocycles. The average molecular weight is 306 g/mol. The zero-order valence-electron chi connectivity index (χ0n) is 12.6. The van der Waals surface area contributed by atoms with Gasteiger partial charge in [-0.2, -0.15) is 17.0 Å². The van der Waals surface area contributed by atoms with Crippen LogP contribution in [0, 0.1) is 5.92 Å². The van der Waals surface area contributed by atoms with Gasteiger partial charge in [-0.05, 0) is 31.6 Å². The molecule has 0 aromatic heterocycles. The fraction of sp³-hybridized carbons (Fsp3) is 0.923. The molecule has 0 aromatic carbocycles. The molecule has 20 heavy (non-hydrogen) atoms. The number of carboxylic acids is 1. The van der Waals surface area contributed by atoms with Gasteiger partial charge >= 0.3 is 5.97 Å². The lowest BCUT2D eigenvalue weighted by Gasteiger charge is -2.35. The fourth-order valence-electron chi connectivity index (χ4n) is 2.69. The quantitative estimate of drug-likeness (QED) is 0.774. The highest BCUT2D eigenvalue weighted by Crippen LogP contribution is 2.30. The van der Waals surface area contributed by atoms with E-state index in [9.17, 15) is 13.2 Å². The highest BCUT2D eigenvalue weighted by atomic mass is 32.2. The first-order valence-electron chi connectivity index (χ1n) is 7.20. The van der Waals surface area contributed by atoms with Crippen LogP contribution in [0.1, 0.15) is 45.4 Å². The van der Waals surface area contributed by atoms with E-state index in [0.29, 0.717) is 5.92 Å². The van der Waals surface area contributed by atoms with E-state index in [1.165, 1.54) is 11.4 Å². The van der Waals surface area contributed by atoms with Gasteiger partial charge in [-0.25, -0.2) is 0 Å². The third kappa shape index (κ3) is 4.43. The maximum absolute atomic E-state index is 12.4. The first-order valence-corrected chi connectivity index (χ1v) is 8.59. The summed E-state index contributed by atoms with van der Waals surface area (Å²) in [7, 11) is -0.517. The van der Waals surface area contributed by atoms with Crippen molar-refractivity contribution < 1.29 is 18.3 Å². The van der Waals surface area contributed by atoms with Crippen molar-refractivity contribution in [1.82, 2.24) is 8.61 Å². The molecule has 1 aliphatic rings. The molecule has 6 nitrogen and oxygen atoms in total. The summed E-state index contributed by atoms with van der Waals surface area (Å²) in [4.78, 5) is 10.5. The van der Waals surface area contributed by atoms with Gasteiger partial charge in [0.05, 0.1) is 6.42 Å². The summed E-state index contributed by atoms with van der Waals surface area (Å²) in [6.45, 7) is 2.18. The van der Waals surface area contributed by atoms with Gasteiger partial charge in [0.25, 0.3) is 10.2 Å². The van der Waals surface area contributed by atoms with Crippen molar-refractivity contribution in [1.29, 1.82) is 0 Å². The summed E-state index contributed by atoms with van der Waals surface area (Å²) >= 11 is 0. The minimum atomic E-state index is -3.56. The number of carboxylic acid groups (broad SMARTS) is 1. The van der Waals surface area contributed by atoms with Crippen molar-refractivity contribution in [3.8, 4) is 0 Å². The Labute approximate surface area is 121 Å². The van der Waals surface area contributed by atoms with Gasteiger partial charge in [0, 0.05) is 26.7 Å². The van der Waals surface area contributed by atoms with Crippen molar-refractivity contribution in [3.63, 3.8) is 0 Å². The van der Waals surface area contributed by atoms with Crippen LogP contribution in [-0.4, -0.2) is 54.8 Å². The summed E-state index contributed by atoms with van der Waals surface area (Å²) in [6.07, 6.45) is 4.90. The van der Waals surface area contributed by atoms with Crippen LogP contribution in [0.5, 0.6) is 0 Å². The minimum absolute atomic E-state index is 0.00626. The molecule has 0 aliphatic heterocycles. The first-order chi connectivity index (χ1) is 9.28. The monoisotopic (exact) mass is 306 g/mol. The third-order valence-electron chi connectivity index (χ3n) is 4.31. The molecular weight excluding hydrogens is 280 g/mol. The van der Waals surface area contributed by atoms with Gasteiger partial charge < -0.3 is 5.11 Å². The van der Waals surface area contributed by atoms with Crippen molar-refractivity contribution in [2.45, 2.75) is 51.5 Å². The Kier molecular flexibility index (Phi) is 6.42. The van der Waals surface area contributed by atoms with Crippen molar-refractivity contribution >= 4 is 16.2 Å². The molecule has 0 amide bonds. The number of rotatable bonds is 7. The van der Waals surface area contributed by atoms with Crippen LogP contribution in [0.3, 0.4) is 0 Å². The Balaban J connectivity index is 2.60. The van der Waals surface area contributed by atoms with Gasteiger partial charge in [0.15, 0.2) is 0 Å². The molecule has 0 aromatic rings. The van der Waals surface area contributed by atoms with Crippen LogP contribution in [0.2, 0.25) is 0 Å². The second-order valence-corrected chi connectivity index (χ2v) is 7.67. The summed E-state index contributed by atoms with van der Waals surface area (Å²) in [5.74, 6) is -0.273. The smallest absolute Gasteiger partial charge is 0.304 e. The second-order valence-electron chi connectivity index (χ2n) is 5.57. The van der Waals surface area contributed by atoms with E-state index < -0.39 is 16.2 Å². The lowest BCUT2D eigenvalue weighted by Crippen LogP contribution is -2.46. The molecule has 0 saturated heterocycles. The number of carbonyl (C=O) groups is 1. The van der Waals surface area contributed by atoms with Crippen LogP contribution in [0.25, 0.3) is 0 Å². The normalized spacial score (nSPS) is 24.2. The molecule has 0 bridgehead atoms. The lowest BCUT2D eigenvalue weighted by molar-refractivity contribution is -0.137. The Morgan fingerprint density at radius 3 is 2.20 bits per heavy atom. The first kappa shape index (κ1) is 17.4. The van der Waals surface area contributed by atoms with Gasteiger partial charge in [-0.15, -0.1) is 0 Å². The van der Waals surface area contributed by atoms with E-state index in [4.69, 9.17) is 5.11 Å². The van der Waals surface area contributed by atoms with E-state index in [1.807, 2.05) is 0 Å². The SMILES string of the molecule is CCC1CCC(N(C)S(=O)(=O)N(C)CCC(=O)O)CC1. The predicted octanol–water partition coefficient (Wildman–Crippen LogP) is 1.54. The molecule has 1 aliphatic carbocycles. The zero-order valence-corrected chi connectivity index (χ0v) is 13.4. The third-order valence-corrected chi connectivity index (χ3v) is 6.30. The lowest BCUT2D eigenvalue weighted by atomic mass is 9.85. The maximum Gasteiger partial charge on any atom is 0.304 e. The van der Waals surface area contributed by atoms with Gasteiger partial charge in [-0.1, -0.05) is 13.3 Å². The van der Waals surface area contributed by atoms with Crippen LogP contribution in [0.4, 0.5) is 0 Å². The molecule has 0 heterocycles. The number of aliphatic carboxylic acids is 1. The van der Waals surface area contributed by atoms with Gasteiger partial charge in [-0.3, -0.25) is 4.79 Å². The minimum Gasteiger partial charge on any atom is -0.481 e. The van der Waals surface area contributed by atoms with Crippen molar-refractivity contribution in [2.24, 2.45) is 5.92 Å². The van der Waals surface area contributed by atoms with Crippen LogP contribution >= 0.6 is 0 Å². The van der Waals surface area contributed by atoms with Crippen LogP contribution in [-0.2, 0) is 15.0 Å². The molecule has 1 N–H and O–H groups in total. The highest BCUT2D eigenvalue weighted by molar-refractivity contribution is 7.86. The molecule has 0 atom stereocenters. The Bertz CT molecular complexity index is 416. The number of hydrogen-bond acceptors (Lipinski definition) is 3. The molecule has 118 valence electrons. The Hall–Kier alpha value is -0.660. The Morgan fingerprint density at radius 1 is 1.20 bits per heavy atom. The number of nitrogens with zero attached hydrogens (tertiary/aromatic N) is 2. The summed E-state index contributed by atoms with van der Waals surface area (Å²) in [6, 6.07) is 0.0371. The van der Waals surface area contributed by atoms with E-state index in [-0.39, 0.29) is 19.0 Å². The topological polar surface area (TPSA) is 77.9 Å². The molecular formula is C13H26N2O4S. The highest BCUT2D eigenvalue weighted by Gasteiger charge is 2.32. The maximum atomic E-state index is 12.4. The fourth-order valence-corrected chi connectivity index (χ4v) is 4.04. The average Bonchev–Trinajstić information content (AvgIpc) is 2.43. The summed E-state index contributed by atoms with van der Waals surface area (Å²) in [5.41, 5.74) is 0. The van der Waals surface area contributed by atoms with Crippen molar-refractivity contribution in [3.05, 3.63) is 0 Å². The predicted molar refractivity (Wildman–Crippen MR) is 77.6 cm³/mol. The van der Waals surface area contributed by atoms with E-state index >= 15 is 0 Å². The molecule has 7 heteroatoms. The van der Waals surface area contributed by atoms with E-state index in [0.717, 1.165) is 36.4 Å². The zero-order chi connectivity index (χ0) is 15.3. The van der Waals surface area contributed by atoms with E-state index in [1.54, 1.807) is 7.05 Å².